The first-order chi connectivity index (χ1) is 15.1. The number of aliphatic imine (C=N–C) groups is 1. The predicted octanol–water partition coefficient (Wildman–Crippen LogP) is 4.85. The summed E-state index contributed by atoms with van der Waals surface area (Å²) in [5, 5.41) is 12.2. The van der Waals surface area contributed by atoms with Gasteiger partial charge in [-0.1, -0.05) is 30.3 Å². The fourth-order valence-electron chi connectivity index (χ4n) is 3.46. The third-order valence-electron chi connectivity index (χ3n) is 4.93. The maximum atomic E-state index is 13.2. The molecule has 0 radical (unpaired) electrons. The zero-order valence-electron chi connectivity index (χ0n) is 17.3. The van der Waals surface area contributed by atoms with Gasteiger partial charge in [0.05, 0.1) is 25.0 Å². The fraction of sp³-hybridized carbons (Fsp3) is 0.120. The van der Waals surface area contributed by atoms with Crippen LogP contribution in [-0.2, 0) is 0 Å². The summed E-state index contributed by atoms with van der Waals surface area (Å²) in [6, 6.07) is 21.5. The van der Waals surface area contributed by atoms with E-state index in [0.29, 0.717) is 45.8 Å². The molecule has 4 aromatic rings. The Morgan fingerprint density at radius 2 is 1.65 bits per heavy atom. The molecule has 0 bridgehead atoms. The molecule has 0 spiro atoms. The molecule has 0 unspecified atom stereocenters. The zero-order valence-corrected chi connectivity index (χ0v) is 17.3. The minimum atomic E-state index is -0.313. The first kappa shape index (κ1) is 20.2. The number of benzene rings is 3. The summed E-state index contributed by atoms with van der Waals surface area (Å²) in [7, 11) is 1.58. The molecule has 6 heteroatoms. The summed E-state index contributed by atoms with van der Waals surface area (Å²) < 4.78 is 12.1. The van der Waals surface area contributed by atoms with Crippen LogP contribution in [0.1, 0.15) is 12.5 Å². The maximum Gasteiger partial charge on any atom is 0.265 e. The molecule has 0 atom stereocenters. The second kappa shape index (κ2) is 8.75. The number of aromatic nitrogens is 1. The molecule has 0 amide bonds. The van der Waals surface area contributed by atoms with Gasteiger partial charge in [0.1, 0.15) is 17.2 Å². The number of fused-ring (bicyclic) bond motifs is 1. The maximum absolute atomic E-state index is 13.2. The van der Waals surface area contributed by atoms with Crippen LogP contribution in [0.2, 0.25) is 0 Å². The Labute approximate surface area is 179 Å². The normalized spacial score (nSPS) is 11.2. The third-order valence-corrected chi connectivity index (χ3v) is 4.93. The van der Waals surface area contributed by atoms with Crippen molar-refractivity contribution >= 4 is 22.7 Å². The lowest BCUT2D eigenvalue weighted by Gasteiger charge is -2.14. The SMILES string of the molecule is CCOc1ccc(-n2c(O)c(C=Nc3ccccc3OC)c3ccccc3c2=O)cc1. The van der Waals surface area contributed by atoms with Crippen molar-refractivity contribution < 1.29 is 14.6 Å². The quantitative estimate of drug-likeness (QED) is 0.458. The Morgan fingerprint density at radius 3 is 2.35 bits per heavy atom. The number of hydrogen-bond donors (Lipinski definition) is 1. The molecule has 0 saturated carbocycles. The smallest absolute Gasteiger partial charge is 0.265 e. The average molecular weight is 414 g/mol. The van der Waals surface area contributed by atoms with Crippen LogP contribution in [0, 0.1) is 0 Å². The predicted molar refractivity (Wildman–Crippen MR) is 123 cm³/mol. The number of para-hydroxylation sites is 2. The van der Waals surface area contributed by atoms with Crippen LogP contribution in [0.5, 0.6) is 17.4 Å². The summed E-state index contributed by atoms with van der Waals surface area (Å²) in [5.41, 5.74) is 1.28. The molecule has 3 aromatic carbocycles. The van der Waals surface area contributed by atoms with E-state index in [0.717, 1.165) is 0 Å². The van der Waals surface area contributed by atoms with E-state index in [1.165, 1.54) is 4.57 Å². The van der Waals surface area contributed by atoms with Gasteiger partial charge in [0.25, 0.3) is 5.56 Å². The monoisotopic (exact) mass is 414 g/mol. The Morgan fingerprint density at radius 1 is 0.968 bits per heavy atom. The topological polar surface area (TPSA) is 73.1 Å². The molecular formula is C25H22N2O4. The van der Waals surface area contributed by atoms with Crippen LogP contribution in [0.25, 0.3) is 16.5 Å². The van der Waals surface area contributed by atoms with Crippen molar-refractivity contribution in [2.45, 2.75) is 6.92 Å². The van der Waals surface area contributed by atoms with Crippen molar-refractivity contribution in [1.82, 2.24) is 4.57 Å². The summed E-state index contributed by atoms with van der Waals surface area (Å²) >= 11 is 0. The number of methoxy groups -OCH3 is 1. The van der Waals surface area contributed by atoms with Crippen LogP contribution in [-0.4, -0.2) is 29.6 Å². The lowest BCUT2D eigenvalue weighted by Crippen LogP contribution is -2.20. The van der Waals surface area contributed by atoms with Crippen molar-refractivity contribution in [2.24, 2.45) is 4.99 Å². The van der Waals surface area contributed by atoms with Gasteiger partial charge in [-0.2, -0.15) is 0 Å². The summed E-state index contributed by atoms with van der Waals surface area (Å²) in [6.45, 7) is 2.45. The molecule has 0 saturated heterocycles. The lowest BCUT2D eigenvalue weighted by atomic mass is 10.1. The minimum Gasteiger partial charge on any atom is -0.494 e. The number of rotatable bonds is 6. The number of ether oxygens (including phenoxy) is 2. The summed E-state index contributed by atoms with van der Waals surface area (Å²) in [6.07, 6.45) is 1.56. The lowest BCUT2D eigenvalue weighted by molar-refractivity contribution is 0.340. The molecule has 0 aliphatic heterocycles. The molecular weight excluding hydrogens is 392 g/mol. The van der Waals surface area contributed by atoms with E-state index in [2.05, 4.69) is 4.99 Å². The first-order valence-electron chi connectivity index (χ1n) is 9.91. The largest absolute Gasteiger partial charge is 0.494 e. The molecule has 31 heavy (non-hydrogen) atoms. The fourth-order valence-corrected chi connectivity index (χ4v) is 3.46. The molecule has 1 aromatic heterocycles. The molecule has 0 fully saturated rings. The molecule has 1 N–H and O–H groups in total. The second-order valence-electron chi connectivity index (χ2n) is 6.78. The van der Waals surface area contributed by atoms with Gasteiger partial charge >= 0.3 is 0 Å². The molecule has 0 aliphatic carbocycles. The van der Waals surface area contributed by atoms with Gasteiger partial charge in [-0.15, -0.1) is 0 Å². The number of hydrogen-bond acceptors (Lipinski definition) is 5. The van der Waals surface area contributed by atoms with E-state index in [-0.39, 0.29) is 11.4 Å². The Balaban J connectivity index is 1.91. The highest BCUT2D eigenvalue weighted by atomic mass is 16.5. The summed E-state index contributed by atoms with van der Waals surface area (Å²) in [4.78, 5) is 17.7. The van der Waals surface area contributed by atoms with Crippen LogP contribution in [0.15, 0.2) is 82.6 Å². The number of nitrogens with zero attached hydrogens (tertiary/aromatic N) is 2. The Hall–Kier alpha value is -4.06. The van der Waals surface area contributed by atoms with E-state index in [4.69, 9.17) is 9.47 Å². The van der Waals surface area contributed by atoms with E-state index in [1.54, 1.807) is 55.8 Å². The molecule has 6 nitrogen and oxygen atoms in total. The van der Waals surface area contributed by atoms with E-state index in [1.807, 2.05) is 37.3 Å². The Bertz CT molecular complexity index is 1310. The van der Waals surface area contributed by atoms with Crippen molar-refractivity contribution in [2.75, 3.05) is 13.7 Å². The van der Waals surface area contributed by atoms with E-state index < -0.39 is 0 Å². The average Bonchev–Trinajstić information content (AvgIpc) is 2.80. The van der Waals surface area contributed by atoms with E-state index in [9.17, 15) is 9.90 Å². The van der Waals surface area contributed by atoms with Gasteiger partial charge in [-0.3, -0.25) is 9.79 Å². The molecule has 4 rings (SSSR count). The van der Waals surface area contributed by atoms with Gasteiger partial charge in [0.2, 0.25) is 5.88 Å². The van der Waals surface area contributed by atoms with Gasteiger partial charge in [0.15, 0.2) is 0 Å². The van der Waals surface area contributed by atoms with Gasteiger partial charge in [-0.05, 0) is 49.4 Å². The Kier molecular flexibility index (Phi) is 5.71. The van der Waals surface area contributed by atoms with Crippen LogP contribution >= 0.6 is 0 Å². The molecule has 1 heterocycles. The second-order valence-corrected chi connectivity index (χ2v) is 6.78. The van der Waals surface area contributed by atoms with Crippen molar-refractivity contribution in [3.63, 3.8) is 0 Å². The van der Waals surface area contributed by atoms with Crippen LogP contribution in [0.4, 0.5) is 5.69 Å². The summed E-state index contributed by atoms with van der Waals surface area (Å²) in [5.74, 6) is 1.12. The van der Waals surface area contributed by atoms with Crippen molar-refractivity contribution in [3.8, 4) is 23.1 Å². The van der Waals surface area contributed by atoms with Gasteiger partial charge in [0, 0.05) is 17.0 Å². The van der Waals surface area contributed by atoms with Gasteiger partial charge in [-0.25, -0.2) is 4.57 Å². The van der Waals surface area contributed by atoms with Gasteiger partial charge < -0.3 is 14.6 Å². The molecule has 156 valence electrons. The third kappa shape index (κ3) is 3.88. The number of aromatic hydroxyl groups is 1. The number of pyridine rings is 1. The van der Waals surface area contributed by atoms with Crippen molar-refractivity contribution in [3.05, 3.63) is 88.7 Å². The molecule has 0 aliphatic rings. The standard InChI is InChI=1S/C25H22N2O4/c1-3-31-18-14-12-17(13-15-18)27-24(28)20-9-5-4-8-19(20)21(25(27)29)16-26-22-10-6-7-11-23(22)30-2/h4-16,29H,3H2,1-2H3. The highest BCUT2D eigenvalue weighted by Gasteiger charge is 2.16. The highest BCUT2D eigenvalue weighted by Crippen LogP contribution is 2.30. The van der Waals surface area contributed by atoms with Crippen molar-refractivity contribution in [1.29, 1.82) is 0 Å². The van der Waals surface area contributed by atoms with Crippen LogP contribution < -0.4 is 15.0 Å². The first-order valence-corrected chi connectivity index (χ1v) is 9.91. The van der Waals surface area contributed by atoms with E-state index >= 15 is 0 Å². The zero-order chi connectivity index (χ0) is 21.8. The highest BCUT2D eigenvalue weighted by molar-refractivity contribution is 6.02. The van der Waals surface area contributed by atoms with Crippen LogP contribution in [0.3, 0.4) is 0 Å². The minimum absolute atomic E-state index is 0.188.